The molecule has 0 saturated heterocycles. The van der Waals surface area contributed by atoms with Crippen LogP contribution in [0.4, 0.5) is 0 Å². The van der Waals surface area contributed by atoms with Crippen LogP contribution in [-0.2, 0) is 28.6 Å². The second-order valence-electron chi connectivity index (χ2n) is 22.7. The summed E-state index contributed by atoms with van der Waals surface area (Å²) < 4.78 is 17.0. The van der Waals surface area contributed by atoms with Gasteiger partial charge in [0.2, 0.25) is 0 Å². The molecule has 6 nitrogen and oxygen atoms in total. The number of esters is 3. The van der Waals surface area contributed by atoms with Gasteiger partial charge in [-0.2, -0.15) is 0 Å². The SMILES string of the molecule is CC/C=C\C/C=C\C/C=C\C/C=C\C/C=C\C/C=C\CCCCCCCCCCCCC(=O)OCC(COC(=O)CCCCCCCCCCCCCCCC)OC(=O)CCCCCCCCCCC/C=C\C/C=C\CCCCC. The van der Waals surface area contributed by atoms with Gasteiger partial charge >= 0.3 is 17.9 Å². The first-order valence-corrected chi connectivity index (χ1v) is 34.2. The van der Waals surface area contributed by atoms with Gasteiger partial charge in [-0.25, -0.2) is 0 Å². The summed E-state index contributed by atoms with van der Waals surface area (Å²) in [7, 11) is 0. The smallest absolute Gasteiger partial charge is 0.306 e. The van der Waals surface area contributed by atoms with E-state index in [-0.39, 0.29) is 31.1 Å². The molecule has 0 fully saturated rings. The lowest BCUT2D eigenvalue weighted by molar-refractivity contribution is -0.167. The average Bonchev–Trinajstić information content (AvgIpc) is 3.46. The Labute approximate surface area is 496 Å². The van der Waals surface area contributed by atoms with Crippen molar-refractivity contribution < 1.29 is 28.6 Å². The molecule has 0 bridgehead atoms. The predicted octanol–water partition coefficient (Wildman–Crippen LogP) is 23.6. The highest BCUT2D eigenvalue weighted by Gasteiger charge is 2.19. The van der Waals surface area contributed by atoms with E-state index in [9.17, 15) is 14.4 Å². The molecule has 0 aliphatic heterocycles. The quantitative estimate of drug-likeness (QED) is 0.0261. The molecular weight excluding hydrogens is 985 g/mol. The normalized spacial score (nSPS) is 12.7. The fourth-order valence-electron chi connectivity index (χ4n) is 9.71. The highest BCUT2D eigenvalue weighted by molar-refractivity contribution is 5.71. The number of ether oxygens (including phenoxy) is 3. The second-order valence-corrected chi connectivity index (χ2v) is 22.7. The van der Waals surface area contributed by atoms with Crippen LogP contribution in [-0.4, -0.2) is 37.2 Å². The molecule has 0 rings (SSSR count). The molecule has 0 aliphatic carbocycles. The highest BCUT2D eigenvalue weighted by atomic mass is 16.6. The van der Waals surface area contributed by atoms with Gasteiger partial charge in [0.1, 0.15) is 13.2 Å². The Balaban J connectivity index is 4.30. The van der Waals surface area contributed by atoms with Crippen LogP contribution in [0.25, 0.3) is 0 Å². The van der Waals surface area contributed by atoms with Gasteiger partial charge in [0.05, 0.1) is 0 Å². The van der Waals surface area contributed by atoms with Gasteiger partial charge in [-0.05, 0) is 103 Å². The molecule has 0 spiro atoms. The summed E-state index contributed by atoms with van der Waals surface area (Å²) in [4.78, 5) is 38.4. The molecule has 80 heavy (non-hydrogen) atoms. The molecule has 460 valence electrons. The van der Waals surface area contributed by atoms with Crippen molar-refractivity contribution in [2.45, 2.75) is 341 Å². The van der Waals surface area contributed by atoms with Crippen LogP contribution in [0.2, 0.25) is 0 Å². The van der Waals surface area contributed by atoms with Crippen molar-refractivity contribution in [3.63, 3.8) is 0 Å². The second kappa shape index (κ2) is 67.8. The molecule has 6 heteroatoms. The highest BCUT2D eigenvalue weighted by Crippen LogP contribution is 2.17. The number of hydrogen-bond donors (Lipinski definition) is 0. The van der Waals surface area contributed by atoms with E-state index >= 15 is 0 Å². The third-order valence-corrected chi connectivity index (χ3v) is 14.8. The van der Waals surface area contributed by atoms with Crippen molar-refractivity contribution in [1.82, 2.24) is 0 Å². The minimum atomic E-state index is -0.781. The summed E-state index contributed by atoms with van der Waals surface area (Å²) in [5.74, 6) is -0.870. The van der Waals surface area contributed by atoms with Gasteiger partial charge in [-0.15, -0.1) is 0 Å². The van der Waals surface area contributed by atoms with Crippen molar-refractivity contribution >= 4 is 17.9 Å². The molecule has 0 aromatic rings. The maximum absolute atomic E-state index is 12.9. The van der Waals surface area contributed by atoms with Crippen LogP contribution in [0.1, 0.15) is 335 Å². The summed E-state index contributed by atoms with van der Waals surface area (Å²) in [5.41, 5.74) is 0. The number of carbonyl (C=O) groups is 3. The maximum Gasteiger partial charge on any atom is 0.306 e. The van der Waals surface area contributed by atoms with Gasteiger partial charge in [-0.3, -0.25) is 14.4 Å². The Morgan fingerprint density at radius 1 is 0.263 bits per heavy atom. The van der Waals surface area contributed by atoms with E-state index in [2.05, 4.69) is 118 Å². The van der Waals surface area contributed by atoms with Crippen molar-refractivity contribution in [1.29, 1.82) is 0 Å². The number of unbranched alkanes of at least 4 members (excludes halogenated alkanes) is 35. The van der Waals surface area contributed by atoms with Gasteiger partial charge in [0.25, 0.3) is 0 Å². The van der Waals surface area contributed by atoms with Crippen LogP contribution in [0, 0.1) is 0 Å². The molecule has 0 aromatic heterocycles. The number of carbonyl (C=O) groups excluding carboxylic acids is 3. The molecule has 1 atom stereocenters. The predicted molar refractivity (Wildman–Crippen MR) is 348 cm³/mol. The van der Waals surface area contributed by atoms with Crippen LogP contribution in [0.3, 0.4) is 0 Å². The Morgan fingerprint density at radius 2 is 0.487 bits per heavy atom. The van der Waals surface area contributed by atoms with Gasteiger partial charge in [-0.1, -0.05) is 311 Å². The van der Waals surface area contributed by atoms with Crippen molar-refractivity contribution in [3.8, 4) is 0 Å². The van der Waals surface area contributed by atoms with E-state index in [4.69, 9.17) is 14.2 Å². The molecule has 0 aromatic carbocycles. The lowest BCUT2D eigenvalue weighted by Crippen LogP contribution is -2.30. The standard InChI is InChI=1S/C74H128O6/c1-4-7-10-13-16-19-22-25-28-30-32-33-34-35-36-37-38-39-40-41-43-44-46-49-52-55-58-61-64-67-73(76)79-70-71(69-78-72(75)66-63-60-57-54-51-48-27-24-21-18-15-12-9-6-3)80-74(77)68-65-62-59-56-53-50-47-45-42-31-29-26-23-20-17-14-11-8-5-2/h7,10,16-17,19-20,25-26,28-29,32-33,35-36,38-39,71H,4-6,8-9,11-15,18,21-24,27,30-31,34,37,40-70H2,1-3H3/b10-7-,19-16-,20-17-,28-25-,29-26-,33-32-,36-35-,39-38-. The van der Waals surface area contributed by atoms with Gasteiger partial charge < -0.3 is 14.2 Å². The topological polar surface area (TPSA) is 78.9 Å². The Kier molecular flexibility index (Phi) is 64.7. The summed E-state index contributed by atoms with van der Waals surface area (Å²) >= 11 is 0. The zero-order valence-corrected chi connectivity index (χ0v) is 52.8. The van der Waals surface area contributed by atoms with E-state index in [1.54, 1.807) is 0 Å². The Hall–Kier alpha value is -3.67. The third-order valence-electron chi connectivity index (χ3n) is 14.8. The summed E-state index contributed by atoms with van der Waals surface area (Å²) in [6, 6.07) is 0. The van der Waals surface area contributed by atoms with Crippen LogP contribution < -0.4 is 0 Å². The van der Waals surface area contributed by atoms with Gasteiger partial charge in [0, 0.05) is 19.3 Å². The maximum atomic E-state index is 12.9. The average molecular weight is 1110 g/mol. The fraction of sp³-hybridized carbons (Fsp3) is 0.743. The molecule has 0 radical (unpaired) electrons. The van der Waals surface area contributed by atoms with Crippen LogP contribution >= 0.6 is 0 Å². The number of rotatable bonds is 62. The van der Waals surface area contributed by atoms with Crippen LogP contribution in [0.15, 0.2) is 97.2 Å². The third kappa shape index (κ3) is 65.1. The van der Waals surface area contributed by atoms with Crippen molar-refractivity contribution in [2.75, 3.05) is 13.2 Å². The summed E-state index contributed by atoms with van der Waals surface area (Å²) in [5, 5.41) is 0. The first-order valence-electron chi connectivity index (χ1n) is 34.2. The number of hydrogen-bond acceptors (Lipinski definition) is 6. The Bertz CT molecular complexity index is 1560. The van der Waals surface area contributed by atoms with E-state index in [1.807, 2.05) is 0 Å². The van der Waals surface area contributed by atoms with E-state index in [1.165, 1.54) is 193 Å². The first kappa shape index (κ1) is 76.3. The molecule has 0 N–H and O–H groups in total. The van der Waals surface area contributed by atoms with Crippen molar-refractivity contribution in [2.24, 2.45) is 0 Å². The van der Waals surface area contributed by atoms with Crippen molar-refractivity contribution in [3.05, 3.63) is 97.2 Å². The van der Waals surface area contributed by atoms with Crippen LogP contribution in [0.5, 0.6) is 0 Å². The minimum absolute atomic E-state index is 0.0766. The Morgan fingerprint density at radius 3 is 0.787 bits per heavy atom. The summed E-state index contributed by atoms with van der Waals surface area (Å²) in [6.07, 6.45) is 91.3. The minimum Gasteiger partial charge on any atom is -0.462 e. The fourth-order valence-corrected chi connectivity index (χ4v) is 9.71. The molecule has 1 unspecified atom stereocenters. The zero-order chi connectivity index (χ0) is 57.8. The monoisotopic (exact) mass is 1110 g/mol. The molecule has 0 saturated carbocycles. The van der Waals surface area contributed by atoms with E-state index < -0.39 is 6.10 Å². The molecule has 0 amide bonds. The van der Waals surface area contributed by atoms with Gasteiger partial charge in [0.15, 0.2) is 6.10 Å². The van der Waals surface area contributed by atoms with E-state index in [0.717, 1.165) is 103 Å². The molecule has 0 heterocycles. The summed E-state index contributed by atoms with van der Waals surface area (Å²) in [6.45, 7) is 6.53. The molecule has 0 aliphatic rings. The zero-order valence-electron chi connectivity index (χ0n) is 52.8. The lowest BCUT2D eigenvalue weighted by atomic mass is 10.0. The molecular formula is C74H128O6. The number of allylic oxidation sites excluding steroid dienone is 16. The van der Waals surface area contributed by atoms with E-state index in [0.29, 0.717) is 19.3 Å². The first-order chi connectivity index (χ1) is 39.5. The lowest BCUT2D eigenvalue weighted by Gasteiger charge is -2.18. The largest absolute Gasteiger partial charge is 0.462 e.